The number of benzene rings is 1. The van der Waals surface area contributed by atoms with Gasteiger partial charge in [0.1, 0.15) is 5.75 Å². The van der Waals surface area contributed by atoms with Gasteiger partial charge in [-0.05, 0) is 36.6 Å². The van der Waals surface area contributed by atoms with Crippen molar-refractivity contribution in [2.24, 2.45) is 0 Å². The summed E-state index contributed by atoms with van der Waals surface area (Å²) in [5.74, 6) is 0.0205. The number of carbonyl (C=O) groups excluding carboxylic acids is 2. The Kier molecular flexibility index (Phi) is 4.97. The van der Waals surface area contributed by atoms with Gasteiger partial charge in [-0.3, -0.25) is 9.59 Å². The Labute approximate surface area is 105 Å². The van der Waals surface area contributed by atoms with Gasteiger partial charge in [0.05, 0.1) is 12.1 Å². The molecule has 0 saturated carbocycles. The maximum absolute atomic E-state index is 10.7. The molecular weight excluding hydrogens is 242 g/mol. The maximum atomic E-state index is 10.7. The van der Waals surface area contributed by atoms with E-state index in [-0.39, 0.29) is 6.29 Å². The highest BCUT2D eigenvalue weighted by Crippen LogP contribution is 2.27. The smallest absolute Gasteiger partial charge is 0.284 e. The van der Waals surface area contributed by atoms with E-state index in [2.05, 4.69) is 5.32 Å². The van der Waals surface area contributed by atoms with Crippen molar-refractivity contribution in [2.45, 2.75) is 13.3 Å². The van der Waals surface area contributed by atoms with E-state index < -0.39 is 5.91 Å². The Hall–Kier alpha value is -1.55. The molecule has 0 atom stereocenters. The molecule has 0 heterocycles. The highest BCUT2D eigenvalue weighted by atomic mass is 35.5. The monoisotopic (exact) mass is 255 g/mol. The lowest BCUT2D eigenvalue weighted by atomic mass is 10.1. The molecule has 0 spiro atoms. The molecule has 0 saturated heterocycles. The van der Waals surface area contributed by atoms with Crippen LogP contribution in [0.3, 0.4) is 0 Å². The van der Waals surface area contributed by atoms with E-state index in [4.69, 9.17) is 16.3 Å². The van der Waals surface area contributed by atoms with Gasteiger partial charge in [0, 0.05) is 6.54 Å². The molecule has 1 amide bonds. The zero-order valence-corrected chi connectivity index (χ0v) is 10.5. The van der Waals surface area contributed by atoms with Gasteiger partial charge in [-0.1, -0.05) is 11.6 Å². The molecule has 4 nitrogen and oxygen atoms in total. The van der Waals surface area contributed by atoms with Crippen molar-refractivity contribution in [1.82, 2.24) is 5.32 Å². The van der Waals surface area contributed by atoms with Crippen molar-refractivity contribution in [3.63, 3.8) is 0 Å². The van der Waals surface area contributed by atoms with Crippen LogP contribution in [-0.2, 0) is 16.0 Å². The standard InChI is InChI=1S/C12H14ClNO3/c1-8-5-11(17-2)10(13)6-9(8)3-4-14-12(16)7-15/h5-7H,3-4H2,1-2H3,(H,14,16). The average Bonchev–Trinajstić information content (AvgIpc) is 2.32. The number of aldehydes is 1. The molecule has 5 heteroatoms. The lowest BCUT2D eigenvalue weighted by Crippen LogP contribution is -2.26. The summed E-state index contributed by atoms with van der Waals surface area (Å²) < 4.78 is 5.09. The van der Waals surface area contributed by atoms with Crippen LogP contribution in [-0.4, -0.2) is 25.8 Å². The third kappa shape index (κ3) is 3.75. The van der Waals surface area contributed by atoms with Gasteiger partial charge in [-0.15, -0.1) is 0 Å². The first-order valence-corrected chi connectivity index (χ1v) is 5.52. The number of aryl methyl sites for hydroxylation is 1. The van der Waals surface area contributed by atoms with E-state index in [1.807, 2.05) is 19.1 Å². The molecule has 0 aliphatic rings. The Balaban J connectivity index is 2.68. The molecule has 1 aromatic carbocycles. The number of hydrogen-bond donors (Lipinski definition) is 1. The molecule has 0 fully saturated rings. The predicted molar refractivity (Wildman–Crippen MR) is 65.5 cm³/mol. The van der Waals surface area contributed by atoms with E-state index >= 15 is 0 Å². The van der Waals surface area contributed by atoms with Crippen LogP contribution in [0.15, 0.2) is 12.1 Å². The first-order valence-electron chi connectivity index (χ1n) is 5.14. The van der Waals surface area contributed by atoms with Crippen LogP contribution in [0.1, 0.15) is 11.1 Å². The normalized spacial score (nSPS) is 9.82. The fourth-order valence-corrected chi connectivity index (χ4v) is 1.75. The third-order valence-electron chi connectivity index (χ3n) is 2.41. The summed E-state index contributed by atoms with van der Waals surface area (Å²) in [5.41, 5.74) is 2.05. The largest absolute Gasteiger partial charge is 0.495 e. The molecule has 0 aliphatic carbocycles. The SMILES string of the molecule is COc1cc(C)c(CCNC(=O)C=O)cc1Cl. The summed E-state index contributed by atoms with van der Waals surface area (Å²) in [7, 11) is 1.56. The Bertz CT molecular complexity index is 432. The number of methoxy groups -OCH3 is 1. The second-order valence-corrected chi connectivity index (χ2v) is 3.98. The van der Waals surface area contributed by atoms with Crippen molar-refractivity contribution in [3.8, 4) is 5.75 Å². The summed E-state index contributed by atoms with van der Waals surface area (Å²) in [6, 6.07) is 3.65. The third-order valence-corrected chi connectivity index (χ3v) is 2.71. The number of hydrogen-bond acceptors (Lipinski definition) is 3. The van der Waals surface area contributed by atoms with Crippen LogP contribution in [0.5, 0.6) is 5.75 Å². The van der Waals surface area contributed by atoms with E-state index in [1.165, 1.54) is 0 Å². The molecule has 0 aliphatic heterocycles. The summed E-state index contributed by atoms with van der Waals surface area (Å²) in [6.45, 7) is 2.34. The number of carbonyl (C=O) groups is 2. The van der Waals surface area contributed by atoms with Crippen molar-refractivity contribution in [1.29, 1.82) is 0 Å². The van der Waals surface area contributed by atoms with Crippen LogP contribution < -0.4 is 10.1 Å². The Morgan fingerprint density at radius 1 is 1.53 bits per heavy atom. The van der Waals surface area contributed by atoms with E-state index in [1.54, 1.807) is 7.11 Å². The minimum atomic E-state index is -0.609. The van der Waals surface area contributed by atoms with Gasteiger partial charge in [0.15, 0.2) is 0 Å². The van der Waals surface area contributed by atoms with Gasteiger partial charge >= 0.3 is 0 Å². The molecule has 0 unspecified atom stereocenters. The number of halogens is 1. The lowest BCUT2D eigenvalue weighted by molar-refractivity contribution is -0.131. The van der Waals surface area contributed by atoms with Gasteiger partial charge in [-0.25, -0.2) is 0 Å². The number of amides is 1. The molecular formula is C12H14ClNO3. The summed E-state index contributed by atoms with van der Waals surface area (Å²) in [6.07, 6.45) is 0.878. The van der Waals surface area contributed by atoms with Gasteiger partial charge < -0.3 is 10.1 Å². The van der Waals surface area contributed by atoms with Gasteiger partial charge in [0.25, 0.3) is 5.91 Å². The number of nitrogens with one attached hydrogen (secondary N) is 1. The first-order chi connectivity index (χ1) is 8.08. The molecule has 0 radical (unpaired) electrons. The summed E-state index contributed by atoms with van der Waals surface area (Å²) in [4.78, 5) is 20.8. The minimum absolute atomic E-state index is 0.258. The van der Waals surface area contributed by atoms with Crippen LogP contribution >= 0.6 is 11.6 Å². The Morgan fingerprint density at radius 3 is 2.82 bits per heavy atom. The Morgan fingerprint density at radius 2 is 2.24 bits per heavy atom. The van der Waals surface area contributed by atoms with Crippen molar-refractivity contribution < 1.29 is 14.3 Å². The topological polar surface area (TPSA) is 55.4 Å². The van der Waals surface area contributed by atoms with E-state index in [0.717, 1.165) is 11.1 Å². The van der Waals surface area contributed by atoms with E-state index in [0.29, 0.717) is 23.7 Å². The summed E-state index contributed by atoms with van der Waals surface area (Å²) in [5, 5.41) is 3.01. The summed E-state index contributed by atoms with van der Waals surface area (Å²) >= 11 is 6.00. The highest BCUT2D eigenvalue weighted by molar-refractivity contribution is 6.32. The number of rotatable bonds is 5. The van der Waals surface area contributed by atoms with Crippen molar-refractivity contribution in [2.75, 3.05) is 13.7 Å². The zero-order valence-electron chi connectivity index (χ0n) is 9.75. The molecule has 1 N–H and O–H groups in total. The lowest BCUT2D eigenvalue weighted by Gasteiger charge is -2.10. The van der Waals surface area contributed by atoms with E-state index in [9.17, 15) is 9.59 Å². The molecule has 17 heavy (non-hydrogen) atoms. The molecule has 0 aromatic heterocycles. The van der Waals surface area contributed by atoms with Gasteiger partial charge in [0.2, 0.25) is 6.29 Å². The number of ether oxygens (including phenoxy) is 1. The second kappa shape index (κ2) is 6.25. The maximum Gasteiger partial charge on any atom is 0.284 e. The van der Waals surface area contributed by atoms with Gasteiger partial charge in [-0.2, -0.15) is 0 Å². The molecule has 92 valence electrons. The van der Waals surface area contributed by atoms with Crippen molar-refractivity contribution in [3.05, 3.63) is 28.3 Å². The molecule has 1 aromatic rings. The quantitative estimate of drug-likeness (QED) is 0.641. The highest BCUT2D eigenvalue weighted by Gasteiger charge is 2.06. The average molecular weight is 256 g/mol. The predicted octanol–water partition coefficient (Wildman–Crippen LogP) is 1.51. The fourth-order valence-electron chi connectivity index (χ4n) is 1.48. The minimum Gasteiger partial charge on any atom is -0.495 e. The molecule has 1 rings (SSSR count). The van der Waals surface area contributed by atoms with Crippen LogP contribution in [0.4, 0.5) is 0 Å². The zero-order chi connectivity index (χ0) is 12.8. The van der Waals surface area contributed by atoms with Crippen LogP contribution in [0, 0.1) is 6.92 Å². The van der Waals surface area contributed by atoms with Crippen LogP contribution in [0.2, 0.25) is 5.02 Å². The second-order valence-electron chi connectivity index (χ2n) is 3.57. The van der Waals surface area contributed by atoms with Crippen LogP contribution in [0.25, 0.3) is 0 Å². The first kappa shape index (κ1) is 13.5. The fraction of sp³-hybridized carbons (Fsp3) is 0.333. The van der Waals surface area contributed by atoms with Crippen molar-refractivity contribution >= 4 is 23.8 Å². The molecule has 0 bridgehead atoms.